The third-order valence-corrected chi connectivity index (χ3v) is 9.85. The Labute approximate surface area is 314 Å². The maximum absolute atomic E-state index is 12.8. The van der Waals surface area contributed by atoms with Gasteiger partial charge in [-0.25, -0.2) is 4.79 Å². The summed E-state index contributed by atoms with van der Waals surface area (Å²) in [6.45, 7) is 17.7. The van der Waals surface area contributed by atoms with Crippen LogP contribution in [0, 0.1) is 11.8 Å². The number of hydrogen-bond acceptors (Lipinski definition) is 10. The number of epoxide rings is 1. The van der Waals surface area contributed by atoms with Gasteiger partial charge in [0.2, 0.25) is 0 Å². The Morgan fingerprint density at radius 1 is 1.13 bits per heavy atom. The first kappa shape index (κ1) is 47.3. The molecule has 9 unspecified atom stereocenters. The molecule has 0 radical (unpaired) electrons. The second-order valence-electron chi connectivity index (χ2n) is 14.8. The summed E-state index contributed by atoms with van der Waals surface area (Å²) in [6, 6.07) is 0. The average molecular weight is 738 g/mol. The van der Waals surface area contributed by atoms with Crippen LogP contribution >= 0.6 is 0 Å². The van der Waals surface area contributed by atoms with Crippen LogP contribution in [0.4, 0.5) is 4.79 Å². The predicted molar refractivity (Wildman–Crippen MR) is 204 cm³/mol. The fourth-order valence-electron chi connectivity index (χ4n) is 6.14. The van der Waals surface area contributed by atoms with E-state index in [1.165, 1.54) is 6.92 Å². The second kappa shape index (κ2) is 24.6. The highest BCUT2D eigenvalue weighted by molar-refractivity contribution is 5.70. The first-order valence-corrected chi connectivity index (χ1v) is 19.4. The topological polar surface area (TPSA) is 144 Å². The van der Waals surface area contributed by atoms with Gasteiger partial charge in [-0.1, -0.05) is 78.2 Å². The zero-order valence-electron chi connectivity index (χ0n) is 34.0. The summed E-state index contributed by atoms with van der Waals surface area (Å²) >= 11 is 0. The van der Waals surface area contributed by atoms with E-state index in [1.807, 2.05) is 52.0 Å². The van der Waals surface area contributed by atoms with Crippen LogP contribution in [0.1, 0.15) is 127 Å². The van der Waals surface area contributed by atoms with Gasteiger partial charge in [-0.3, -0.25) is 9.59 Å². The van der Waals surface area contributed by atoms with Gasteiger partial charge in [-0.2, -0.15) is 0 Å². The van der Waals surface area contributed by atoms with Gasteiger partial charge in [0.05, 0.1) is 24.7 Å². The van der Waals surface area contributed by atoms with Crippen molar-refractivity contribution in [2.45, 2.75) is 175 Å². The van der Waals surface area contributed by atoms with E-state index >= 15 is 0 Å². The van der Waals surface area contributed by atoms with E-state index in [1.54, 1.807) is 32.1 Å². The molecule has 0 bridgehead atoms. The molecule has 9 atom stereocenters. The zero-order valence-corrected chi connectivity index (χ0v) is 34.0. The number of carbonyl (C=O) groups excluding carboxylic acids is 3. The maximum atomic E-state index is 12.8. The molecule has 2 heterocycles. The fraction of sp³-hybridized carbons (Fsp3) is 0.780. The number of methoxy groups -OCH3 is 1. The van der Waals surface area contributed by atoms with Gasteiger partial charge in [-0.15, -0.1) is 0 Å². The SMILES string of the molecule is CCC(CC)OC.CCCCCCN(C)C(=O)OC(C(C)/C=C/C=C(\C)C1OC(=O)CC(O)CCC(C)(O)C(OC(C)=O)/C=C/CC1C)C1OC1C. The normalized spacial score (nSPS) is 29.0. The van der Waals surface area contributed by atoms with Crippen molar-refractivity contribution in [2.75, 3.05) is 20.7 Å². The first-order chi connectivity index (χ1) is 24.5. The molecule has 300 valence electrons. The van der Waals surface area contributed by atoms with E-state index < -0.39 is 42.0 Å². The van der Waals surface area contributed by atoms with Gasteiger partial charge in [0.1, 0.15) is 30.0 Å². The van der Waals surface area contributed by atoms with Crippen LogP contribution in [0.2, 0.25) is 0 Å². The summed E-state index contributed by atoms with van der Waals surface area (Å²) in [4.78, 5) is 39.0. The van der Waals surface area contributed by atoms with Crippen LogP contribution in [0.3, 0.4) is 0 Å². The molecule has 11 heteroatoms. The quantitative estimate of drug-likeness (QED) is 0.0434. The number of amides is 1. The van der Waals surface area contributed by atoms with E-state index in [0.717, 1.165) is 44.1 Å². The molecule has 0 aliphatic carbocycles. The number of allylic oxidation sites excluding steroid dienone is 3. The van der Waals surface area contributed by atoms with Crippen molar-refractivity contribution < 1.29 is 48.3 Å². The lowest BCUT2D eigenvalue weighted by atomic mass is 9.90. The molecular formula is C41H71NO10. The Bertz CT molecular complexity index is 1140. The Balaban J connectivity index is 0.00000174. The molecule has 0 saturated carbocycles. The molecule has 2 aliphatic rings. The van der Waals surface area contributed by atoms with Gasteiger partial charge in [0.15, 0.2) is 0 Å². The van der Waals surface area contributed by atoms with Crippen LogP contribution in [0.5, 0.6) is 0 Å². The summed E-state index contributed by atoms with van der Waals surface area (Å²) in [5.41, 5.74) is -0.613. The van der Waals surface area contributed by atoms with Crippen LogP contribution in [0.25, 0.3) is 0 Å². The molecule has 1 amide bonds. The van der Waals surface area contributed by atoms with Crippen LogP contribution in [-0.2, 0) is 33.3 Å². The Kier molecular flexibility index (Phi) is 22.3. The number of nitrogens with zero attached hydrogens (tertiary/aromatic N) is 1. The van der Waals surface area contributed by atoms with Crippen molar-refractivity contribution in [2.24, 2.45) is 11.8 Å². The summed E-state index contributed by atoms with van der Waals surface area (Å²) in [5, 5.41) is 21.5. The minimum Gasteiger partial charge on any atom is -0.457 e. The molecule has 0 spiro atoms. The molecule has 2 rings (SSSR count). The van der Waals surface area contributed by atoms with E-state index in [2.05, 4.69) is 20.8 Å². The van der Waals surface area contributed by atoms with Gasteiger partial charge >= 0.3 is 18.0 Å². The summed E-state index contributed by atoms with van der Waals surface area (Å²) in [5.74, 6) is -1.34. The molecule has 2 aliphatic heterocycles. The van der Waals surface area contributed by atoms with Gasteiger partial charge in [0, 0.05) is 39.5 Å². The van der Waals surface area contributed by atoms with Crippen molar-refractivity contribution >= 4 is 18.0 Å². The maximum Gasteiger partial charge on any atom is 0.409 e. The van der Waals surface area contributed by atoms with Crippen molar-refractivity contribution in [1.82, 2.24) is 4.90 Å². The molecule has 0 aromatic heterocycles. The second-order valence-corrected chi connectivity index (χ2v) is 14.8. The number of cyclic esters (lactones) is 1. The highest BCUT2D eigenvalue weighted by Gasteiger charge is 2.46. The van der Waals surface area contributed by atoms with E-state index in [-0.39, 0.29) is 49.4 Å². The smallest absolute Gasteiger partial charge is 0.409 e. The molecular weight excluding hydrogens is 666 g/mol. The van der Waals surface area contributed by atoms with Crippen molar-refractivity contribution in [1.29, 1.82) is 0 Å². The molecule has 1 saturated heterocycles. The summed E-state index contributed by atoms with van der Waals surface area (Å²) < 4.78 is 27.9. The highest BCUT2D eigenvalue weighted by atomic mass is 16.6. The number of esters is 2. The Morgan fingerprint density at radius 3 is 2.33 bits per heavy atom. The lowest BCUT2D eigenvalue weighted by molar-refractivity contribution is -0.156. The van der Waals surface area contributed by atoms with Crippen molar-refractivity contribution in [3.05, 3.63) is 36.0 Å². The number of ether oxygens (including phenoxy) is 5. The van der Waals surface area contributed by atoms with Crippen LogP contribution in [-0.4, -0.2) is 102 Å². The van der Waals surface area contributed by atoms with Gasteiger partial charge in [0.25, 0.3) is 0 Å². The monoisotopic (exact) mass is 738 g/mol. The van der Waals surface area contributed by atoms with Gasteiger partial charge in [-0.05, 0) is 70.9 Å². The van der Waals surface area contributed by atoms with Gasteiger partial charge < -0.3 is 38.8 Å². The number of unbranched alkanes of at least 4 members (excludes halogenated alkanes) is 3. The van der Waals surface area contributed by atoms with Crippen molar-refractivity contribution in [3.63, 3.8) is 0 Å². The fourth-order valence-corrected chi connectivity index (χ4v) is 6.14. The number of aliphatic hydroxyl groups is 2. The molecule has 52 heavy (non-hydrogen) atoms. The largest absolute Gasteiger partial charge is 0.457 e. The van der Waals surface area contributed by atoms with Crippen LogP contribution < -0.4 is 0 Å². The first-order valence-electron chi connectivity index (χ1n) is 19.4. The third kappa shape index (κ3) is 17.9. The number of rotatable bonds is 15. The minimum atomic E-state index is -1.42. The lowest BCUT2D eigenvalue weighted by Crippen LogP contribution is -2.41. The molecule has 1 fully saturated rings. The summed E-state index contributed by atoms with van der Waals surface area (Å²) in [6.07, 6.45) is 13.3. The number of aliphatic hydroxyl groups excluding tert-OH is 1. The standard InChI is InChI=1S/C35H57NO9.C6H14O/c1-9-10-11-12-21-36(8)34(40)45-32(33-26(5)42-33)25(4)16-13-15-23(2)31-24(3)17-14-18-29(43-27(6)37)35(7,41)20-19-28(38)22-30(39)44-31;1-4-6(5-2)7-3/h13-16,18,24-26,28-29,31-33,38,41H,9-12,17,19-22H2,1-8H3;6H,4-5H2,1-3H3/b16-13+,18-14+,23-15+;. The minimum absolute atomic E-state index is 0.0130. The molecule has 2 N–H and O–H groups in total. The Hall–Kier alpha value is -2.73. The lowest BCUT2D eigenvalue weighted by Gasteiger charge is -2.31. The van der Waals surface area contributed by atoms with E-state index in [4.69, 9.17) is 23.7 Å². The number of carbonyl (C=O) groups is 3. The third-order valence-electron chi connectivity index (χ3n) is 9.85. The average Bonchev–Trinajstić information content (AvgIpc) is 3.82. The molecule has 0 aromatic rings. The molecule has 0 aromatic carbocycles. The number of hydrogen-bond donors (Lipinski definition) is 2. The zero-order chi connectivity index (χ0) is 39.4. The van der Waals surface area contributed by atoms with Crippen molar-refractivity contribution in [3.8, 4) is 0 Å². The predicted octanol–water partition coefficient (Wildman–Crippen LogP) is 7.47. The summed E-state index contributed by atoms with van der Waals surface area (Å²) in [7, 11) is 3.52. The highest BCUT2D eigenvalue weighted by Crippen LogP contribution is 2.32. The van der Waals surface area contributed by atoms with Crippen LogP contribution in [0.15, 0.2) is 36.0 Å². The van der Waals surface area contributed by atoms with E-state index in [9.17, 15) is 24.6 Å². The Morgan fingerprint density at radius 2 is 1.79 bits per heavy atom. The van der Waals surface area contributed by atoms with E-state index in [0.29, 0.717) is 19.1 Å². The molecule has 11 nitrogen and oxygen atoms in total.